The molecule has 4 aliphatic rings. The van der Waals surface area contributed by atoms with Gasteiger partial charge in [-0.05, 0) is 61.2 Å². The molecule has 0 aromatic rings. The Balaban J connectivity index is 1.87. The number of hydrogen-bond donors (Lipinski definition) is 1. The monoisotopic (exact) mass is 206 g/mol. The summed E-state index contributed by atoms with van der Waals surface area (Å²) in [6.45, 7) is 2.34. The Bertz CT molecular complexity index is 373. The van der Waals surface area contributed by atoms with Gasteiger partial charge in [-0.15, -0.1) is 0 Å². The van der Waals surface area contributed by atoms with Crippen molar-refractivity contribution in [3.05, 3.63) is 0 Å². The summed E-state index contributed by atoms with van der Waals surface area (Å²) in [6, 6.07) is 0. The molecule has 0 saturated heterocycles. The molecule has 2 heteroatoms. The first kappa shape index (κ1) is 8.60. The van der Waals surface area contributed by atoms with E-state index < -0.39 is 5.97 Å². The van der Waals surface area contributed by atoms with Gasteiger partial charge in [-0.3, -0.25) is 4.79 Å². The van der Waals surface area contributed by atoms with Crippen LogP contribution in [0.4, 0.5) is 0 Å². The number of carboxylic acids is 1. The Labute approximate surface area is 90.1 Å². The zero-order valence-corrected chi connectivity index (χ0v) is 9.25. The first-order valence-corrected chi connectivity index (χ1v) is 6.22. The van der Waals surface area contributed by atoms with Crippen LogP contribution >= 0.6 is 0 Å². The SMILES string of the molecule is C[C@]12C[C@@H]3C[C@H]4C[C@@](C(=O)O)(CC34C1)C2. The van der Waals surface area contributed by atoms with Crippen LogP contribution in [0.15, 0.2) is 0 Å². The molecule has 0 radical (unpaired) electrons. The Morgan fingerprint density at radius 2 is 1.93 bits per heavy atom. The average molecular weight is 206 g/mol. The zero-order chi connectivity index (χ0) is 10.5. The molecule has 4 fully saturated rings. The first-order chi connectivity index (χ1) is 6.98. The molecule has 0 aromatic carbocycles. The molecule has 15 heavy (non-hydrogen) atoms. The molecular weight excluding hydrogens is 188 g/mol. The second-order valence-corrected chi connectivity index (χ2v) is 7.20. The predicted octanol–water partition coefficient (Wildman–Crippen LogP) is 2.68. The van der Waals surface area contributed by atoms with E-state index in [9.17, 15) is 9.90 Å². The smallest absolute Gasteiger partial charge is 0.309 e. The summed E-state index contributed by atoms with van der Waals surface area (Å²) in [5.74, 6) is 1.15. The second-order valence-electron chi connectivity index (χ2n) is 7.20. The van der Waals surface area contributed by atoms with Gasteiger partial charge in [-0.1, -0.05) is 6.92 Å². The van der Waals surface area contributed by atoms with Crippen molar-refractivity contribution in [3.63, 3.8) is 0 Å². The Morgan fingerprint density at radius 3 is 2.67 bits per heavy atom. The van der Waals surface area contributed by atoms with Crippen LogP contribution in [-0.2, 0) is 4.79 Å². The summed E-state index contributed by atoms with van der Waals surface area (Å²) in [5.41, 5.74) is 0.543. The molecule has 1 spiro atoms. The van der Waals surface area contributed by atoms with Crippen molar-refractivity contribution in [3.8, 4) is 0 Å². The van der Waals surface area contributed by atoms with Gasteiger partial charge in [0.25, 0.3) is 0 Å². The van der Waals surface area contributed by atoms with Crippen LogP contribution in [0.5, 0.6) is 0 Å². The van der Waals surface area contributed by atoms with Crippen molar-refractivity contribution < 1.29 is 9.90 Å². The van der Waals surface area contributed by atoms with Gasteiger partial charge in [0.1, 0.15) is 0 Å². The number of aliphatic carboxylic acids is 1. The van der Waals surface area contributed by atoms with Gasteiger partial charge in [0.2, 0.25) is 0 Å². The van der Waals surface area contributed by atoms with Crippen molar-refractivity contribution in [1.82, 2.24) is 0 Å². The Kier molecular flexibility index (Phi) is 1.14. The lowest BCUT2D eigenvalue weighted by atomic mass is 9.55. The summed E-state index contributed by atoms with van der Waals surface area (Å²) < 4.78 is 0. The highest BCUT2D eigenvalue weighted by Crippen LogP contribution is 2.81. The second kappa shape index (κ2) is 1.99. The highest BCUT2D eigenvalue weighted by molar-refractivity contribution is 5.76. The number of hydrogen-bond acceptors (Lipinski definition) is 1. The number of carboxylic acid groups (broad SMARTS) is 1. The van der Waals surface area contributed by atoms with Crippen molar-refractivity contribution in [2.45, 2.75) is 45.4 Å². The van der Waals surface area contributed by atoms with E-state index in [0.717, 1.165) is 31.1 Å². The van der Waals surface area contributed by atoms with Crippen molar-refractivity contribution in [2.75, 3.05) is 0 Å². The highest BCUT2D eigenvalue weighted by Gasteiger charge is 2.75. The molecule has 3 bridgehead atoms. The first-order valence-electron chi connectivity index (χ1n) is 6.22. The summed E-state index contributed by atoms with van der Waals surface area (Å²) in [5, 5.41) is 9.53. The molecule has 0 aromatic heterocycles. The van der Waals surface area contributed by atoms with Gasteiger partial charge >= 0.3 is 5.97 Å². The fourth-order valence-electron chi connectivity index (χ4n) is 6.16. The average Bonchev–Trinajstić information content (AvgIpc) is 2.40. The maximum absolute atomic E-state index is 11.6. The van der Waals surface area contributed by atoms with Gasteiger partial charge in [-0.2, -0.15) is 0 Å². The Morgan fingerprint density at radius 1 is 1.20 bits per heavy atom. The number of fused-ring (bicyclic) bond motifs is 2. The molecule has 0 amide bonds. The summed E-state index contributed by atoms with van der Waals surface area (Å²) >= 11 is 0. The predicted molar refractivity (Wildman–Crippen MR) is 55.3 cm³/mol. The van der Waals surface area contributed by atoms with E-state index in [1.54, 1.807) is 0 Å². The molecule has 1 N–H and O–H groups in total. The van der Waals surface area contributed by atoms with Crippen LogP contribution < -0.4 is 0 Å². The molecule has 4 saturated carbocycles. The third-order valence-corrected chi connectivity index (χ3v) is 6.21. The van der Waals surface area contributed by atoms with E-state index >= 15 is 0 Å². The highest BCUT2D eigenvalue weighted by atomic mass is 16.4. The quantitative estimate of drug-likeness (QED) is 0.716. The van der Waals surface area contributed by atoms with E-state index in [4.69, 9.17) is 0 Å². The van der Waals surface area contributed by atoms with E-state index in [0.29, 0.717) is 10.8 Å². The molecule has 0 aliphatic heterocycles. The maximum Gasteiger partial charge on any atom is 0.309 e. The molecule has 82 valence electrons. The van der Waals surface area contributed by atoms with E-state index in [1.807, 2.05) is 0 Å². The van der Waals surface area contributed by atoms with Crippen LogP contribution in [0, 0.1) is 28.1 Å². The van der Waals surface area contributed by atoms with E-state index in [2.05, 4.69) is 6.92 Å². The largest absolute Gasteiger partial charge is 0.481 e. The molecule has 4 aliphatic carbocycles. The van der Waals surface area contributed by atoms with Crippen molar-refractivity contribution >= 4 is 5.97 Å². The summed E-state index contributed by atoms with van der Waals surface area (Å²) in [4.78, 5) is 11.6. The molecular formula is C13H18O2. The number of rotatable bonds is 1. The molecule has 1 unspecified atom stereocenters. The fourth-order valence-corrected chi connectivity index (χ4v) is 6.16. The van der Waals surface area contributed by atoms with Crippen LogP contribution in [0.1, 0.15) is 45.4 Å². The normalized spacial score (nSPS) is 64.1. The standard InChI is InChI=1S/C13H18O2/c1-11-3-8-2-9-4-12(5-11,10(14)15)7-13(8,9)6-11/h8-9H,2-7H2,1H3,(H,14,15)/t8-,9-,11+,12-,13?/m0/s1. The van der Waals surface area contributed by atoms with Crippen molar-refractivity contribution in [1.29, 1.82) is 0 Å². The summed E-state index contributed by atoms with van der Waals surface area (Å²) in [7, 11) is 0. The molecule has 0 heterocycles. The van der Waals surface area contributed by atoms with Gasteiger partial charge in [0.05, 0.1) is 5.41 Å². The van der Waals surface area contributed by atoms with Gasteiger partial charge in [0, 0.05) is 0 Å². The van der Waals surface area contributed by atoms with E-state index in [1.165, 1.54) is 19.3 Å². The van der Waals surface area contributed by atoms with Crippen LogP contribution in [0.2, 0.25) is 0 Å². The van der Waals surface area contributed by atoms with Gasteiger partial charge in [-0.25, -0.2) is 0 Å². The lowest BCUT2D eigenvalue weighted by Gasteiger charge is -2.49. The summed E-state index contributed by atoms with van der Waals surface area (Å²) in [6.07, 6.45) is 6.96. The maximum atomic E-state index is 11.6. The minimum atomic E-state index is -0.497. The van der Waals surface area contributed by atoms with E-state index in [-0.39, 0.29) is 5.41 Å². The lowest BCUT2D eigenvalue weighted by molar-refractivity contribution is -0.152. The van der Waals surface area contributed by atoms with Crippen LogP contribution in [-0.4, -0.2) is 11.1 Å². The fraction of sp³-hybridized carbons (Fsp3) is 0.923. The Hall–Kier alpha value is -0.530. The minimum absolute atomic E-state index is 0.317. The minimum Gasteiger partial charge on any atom is -0.481 e. The van der Waals surface area contributed by atoms with Gasteiger partial charge < -0.3 is 5.11 Å². The molecule has 2 nitrogen and oxygen atoms in total. The van der Waals surface area contributed by atoms with Crippen LogP contribution in [0.3, 0.4) is 0 Å². The van der Waals surface area contributed by atoms with Crippen molar-refractivity contribution in [2.24, 2.45) is 28.1 Å². The third-order valence-electron chi connectivity index (χ3n) is 6.21. The zero-order valence-electron chi connectivity index (χ0n) is 9.25. The third kappa shape index (κ3) is 0.724. The number of carbonyl (C=O) groups is 1. The molecule has 4 rings (SSSR count). The van der Waals surface area contributed by atoms with Gasteiger partial charge in [0.15, 0.2) is 0 Å². The lowest BCUT2D eigenvalue weighted by Crippen LogP contribution is -2.43. The van der Waals surface area contributed by atoms with Crippen LogP contribution in [0.25, 0.3) is 0 Å². The topological polar surface area (TPSA) is 37.3 Å². The molecule has 5 atom stereocenters.